The van der Waals surface area contributed by atoms with Gasteiger partial charge >= 0.3 is 0 Å². The third kappa shape index (κ3) is 5.50. The summed E-state index contributed by atoms with van der Waals surface area (Å²) in [6.07, 6.45) is 1.15. The van der Waals surface area contributed by atoms with Crippen LogP contribution in [-0.2, 0) is 0 Å². The molecule has 0 fully saturated rings. The molecule has 0 aliphatic heterocycles. The largest absolute Gasteiger partial charge is 0.371 e. The highest BCUT2D eigenvalue weighted by Crippen LogP contribution is 2.28. The molecule has 120 valence electrons. The highest BCUT2D eigenvalue weighted by molar-refractivity contribution is 6.33. The van der Waals surface area contributed by atoms with Gasteiger partial charge in [0.1, 0.15) is 0 Å². The number of hydrogen-bond acceptors (Lipinski definition) is 3. The molecule has 0 aliphatic rings. The van der Waals surface area contributed by atoms with E-state index < -0.39 is 0 Å². The van der Waals surface area contributed by atoms with Crippen LogP contribution in [-0.4, -0.2) is 37.6 Å². The summed E-state index contributed by atoms with van der Waals surface area (Å²) in [6, 6.07) is 6.20. The maximum Gasteiger partial charge on any atom is 0.0642 e. The number of nitrogens with two attached hydrogens (primary N) is 1. The molecule has 4 heteroatoms. The smallest absolute Gasteiger partial charge is 0.0642 e. The van der Waals surface area contributed by atoms with Crippen molar-refractivity contribution >= 4 is 17.3 Å². The van der Waals surface area contributed by atoms with Crippen LogP contribution in [0.3, 0.4) is 0 Å². The van der Waals surface area contributed by atoms with Gasteiger partial charge in [-0.15, -0.1) is 0 Å². The van der Waals surface area contributed by atoms with E-state index in [4.69, 9.17) is 17.3 Å². The first-order chi connectivity index (χ1) is 10.0. The molecule has 2 N–H and O–H groups in total. The zero-order valence-corrected chi connectivity index (χ0v) is 14.7. The maximum absolute atomic E-state index is 6.44. The molecule has 0 aliphatic carbocycles. The zero-order chi connectivity index (χ0) is 15.8. The lowest BCUT2D eigenvalue weighted by Crippen LogP contribution is -2.30. The van der Waals surface area contributed by atoms with E-state index in [1.807, 2.05) is 13.0 Å². The van der Waals surface area contributed by atoms with Crippen molar-refractivity contribution in [1.82, 2.24) is 4.90 Å². The molecule has 0 spiro atoms. The Kier molecular flexibility index (Phi) is 8.09. The molecule has 0 unspecified atom stereocenters. The predicted octanol–water partition coefficient (Wildman–Crippen LogP) is 3.92. The summed E-state index contributed by atoms with van der Waals surface area (Å²) in [5.74, 6) is 0. The number of halogens is 1. The molecular weight excluding hydrogens is 282 g/mol. The fraction of sp³-hybridized carbons (Fsp3) is 0.647. The SMILES string of the molecule is CCN(CC)CCCN(CC)c1ccc([C@@H](C)N)cc1Cl. The average Bonchev–Trinajstić information content (AvgIpc) is 2.48. The van der Waals surface area contributed by atoms with Crippen molar-refractivity contribution < 1.29 is 0 Å². The second-order valence-electron chi connectivity index (χ2n) is 5.46. The molecule has 1 aromatic rings. The lowest BCUT2D eigenvalue weighted by molar-refractivity contribution is 0.301. The van der Waals surface area contributed by atoms with Gasteiger partial charge in [-0.05, 0) is 57.6 Å². The maximum atomic E-state index is 6.44. The second-order valence-corrected chi connectivity index (χ2v) is 5.87. The normalized spacial score (nSPS) is 12.7. The molecule has 21 heavy (non-hydrogen) atoms. The highest BCUT2D eigenvalue weighted by Gasteiger charge is 2.11. The van der Waals surface area contributed by atoms with Crippen molar-refractivity contribution in [2.75, 3.05) is 37.6 Å². The Morgan fingerprint density at radius 1 is 1.10 bits per heavy atom. The van der Waals surface area contributed by atoms with Crippen LogP contribution in [0.15, 0.2) is 18.2 Å². The van der Waals surface area contributed by atoms with Gasteiger partial charge in [-0.25, -0.2) is 0 Å². The Morgan fingerprint density at radius 2 is 1.76 bits per heavy atom. The topological polar surface area (TPSA) is 32.5 Å². The van der Waals surface area contributed by atoms with Crippen molar-refractivity contribution in [3.63, 3.8) is 0 Å². The van der Waals surface area contributed by atoms with Gasteiger partial charge in [0.2, 0.25) is 0 Å². The van der Waals surface area contributed by atoms with Crippen LogP contribution >= 0.6 is 11.6 Å². The molecular formula is C17H30ClN3. The fourth-order valence-electron chi connectivity index (χ4n) is 2.54. The zero-order valence-electron chi connectivity index (χ0n) is 13.9. The van der Waals surface area contributed by atoms with Gasteiger partial charge in [0.25, 0.3) is 0 Å². The standard InChI is InChI=1S/C17H30ClN3/c1-5-20(6-2)11-8-12-21(7-3)17-10-9-15(14(4)19)13-16(17)18/h9-10,13-14H,5-8,11-12,19H2,1-4H3/t14-/m1/s1. The van der Waals surface area contributed by atoms with Crippen LogP contribution in [0.5, 0.6) is 0 Å². The second kappa shape index (κ2) is 9.29. The number of hydrogen-bond donors (Lipinski definition) is 1. The quantitative estimate of drug-likeness (QED) is 0.750. The van der Waals surface area contributed by atoms with Gasteiger partial charge < -0.3 is 15.5 Å². The minimum atomic E-state index is 0.0225. The lowest BCUT2D eigenvalue weighted by atomic mass is 10.1. The van der Waals surface area contributed by atoms with Gasteiger partial charge in [0, 0.05) is 19.1 Å². The molecule has 0 saturated heterocycles. The number of rotatable bonds is 9. The molecule has 0 heterocycles. The highest BCUT2D eigenvalue weighted by atomic mass is 35.5. The summed E-state index contributed by atoms with van der Waals surface area (Å²) in [5.41, 5.74) is 8.11. The van der Waals surface area contributed by atoms with Crippen LogP contribution in [0.2, 0.25) is 5.02 Å². The van der Waals surface area contributed by atoms with E-state index in [1.54, 1.807) is 0 Å². The van der Waals surface area contributed by atoms with E-state index in [-0.39, 0.29) is 6.04 Å². The van der Waals surface area contributed by atoms with Crippen molar-refractivity contribution in [1.29, 1.82) is 0 Å². The molecule has 0 saturated carbocycles. The molecule has 3 nitrogen and oxygen atoms in total. The number of benzene rings is 1. The van der Waals surface area contributed by atoms with Crippen molar-refractivity contribution in [3.8, 4) is 0 Å². The van der Waals surface area contributed by atoms with Crippen LogP contribution in [0, 0.1) is 0 Å². The Bertz CT molecular complexity index is 416. The first kappa shape index (κ1) is 18.3. The van der Waals surface area contributed by atoms with Gasteiger partial charge in [-0.3, -0.25) is 0 Å². The molecule has 1 aromatic carbocycles. The summed E-state index contributed by atoms with van der Waals surface area (Å²) in [4.78, 5) is 4.80. The van der Waals surface area contributed by atoms with E-state index >= 15 is 0 Å². The molecule has 0 radical (unpaired) electrons. The average molecular weight is 312 g/mol. The van der Waals surface area contributed by atoms with Crippen LogP contribution in [0.1, 0.15) is 45.7 Å². The van der Waals surface area contributed by atoms with E-state index in [0.717, 1.165) is 55.4 Å². The Balaban J connectivity index is 2.67. The predicted molar refractivity (Wildman–Crippen MR) is 94.3 cm³/mol. The third-order valence-corrected chi connectivity index (χ3v) is 4.32. The van der Waals surface area contributed by atoms with Gasteiger partial charge in [-0.2, -0.15) is 0 Å². The minimum absolute atomic E-state index is 0.0225. The summed E-state index contributed by atoms with van der Waals surface area (Å²) in [6.45, 7) is 14.0. The Hall–Kier alpha value is -0.770. The van der Waals surface area contributed by atoms with E-state index in [2.05, 4.69) is 42.7 Å². The Morgan fingerprint density at radius 3 is 2.24 bits per heavy atom. The van der Waals surface area contributed by atoms with E-state index in [1.165, 1.54) is 0 Å². The molecule has 0 aromatic heterocycles. The summed E-state index contributed by atoms with van der Waals surface area (Å²) >= 11 is 6.44. The Labute approximate surface area is 135 Å². The lowest BCUT2D eigenvalue weighted by Gasteiger charge is -2.26. The first-order valence-corrected chi connectivity index (χ1v) is 8.43. The first-order valence-electron chi connectivity index (χ1n) is 8.05. The fourth-order valence-corrected chi connectivity index (χ4v) is 2.85. The van der Waals surface area contributed by atoms with Gasteiger partial charge in [0.15, 0.2) is 0 Å². The summed E-state index contributed by atoms with van der Waals surface area (Å²) in [5, 5.41) is 0.800. The number of anilines is 1. The monoisotopic (exact) mass is 311 g/mol. The summed E-state index contributed by atoms with van der Waals surface area (Å²) < 4.78 is 0. The minimum Gasteiger partial charge on any atom is -0.371 e. The third-order valence-electron chi connectivity index (χ3n) is 4.02. The van der Waals surface area contributed by atoms with Crippen molar-refractivity contribution in [3.05, 3.63) is 28.8 Å². The van der Waals surface area contributed by atoms with Gasteiger partial charge in [-0.1, -0.05) is 31.5 Å². The van der Waals surface area contributed by atoms with E-state index in [9.17, 15) is 0 Å². The summed E-state index contributed by atoms with van der Waals surface area (Å²) in [7, 11) is 0. The molecule has 1 atom stereocenters. The number of nitrogens with zero attached hydrogens (tertiary/aromatic N) is 2. The molecule has 0 amide bonds. The van der Waals surface area contributed by atoms with Crippen LogP contribution < -0.4 is 10.6 Å². The van der Waals surface area contributed by atoms with Crippen molar-refractivity contribution in [2.24, 2.45) is 5.73 Å². The van der Waals surface area contributed by atoms with Crippen LogP contribution in [0.25, 0.3) is 0 Å². The van der Waals surface area contributed by atoms with Gasteiger partial charge in [0.05, 0.1) is 10.7 Å². The van der Waals surface area contributed by atoms with Crippen molar-refractivity contribution in [2.45, 2.75) is 40.2 Å². The van der Waals surface area contributed by atoms with Crippen LogP contribution in [0.4, 0.5) is 5.69 Å². The van der Waals surface area contributed by atoms with E-state index in [0.29, 0.717) is 0 Å². The molecule has 1 rings (SSSR count). The molecule has 0 bridgehead atoms.